The number of hydrogen-bond donors (Lipinski definition) is 2. The van der Waals surface area contributed by atoms with Crippen molar-refractivity contribution in [3.63, 3.8) is 0 Å². The maximum Gasteiger partial charge on any atom is 0.327 e. The molecule has 1 fully saturated rings. The van der Waals surface area contributed by atoms with E-state index in [0.29, 0.717) is 18.9 Å². The normalized spacial score (nSPS) is 20.8. The summed E-state index contributed by atoms with van der Waals surface area (Å²) in [5, 5.41) is 20.1. The molecule has 1 aliphatic rings. The average molecular weight is 222 g/mol. The number of carboxylic acid groups (broad SMARTS) is 1. The highest BCUT2D eigenvalue weighted by molar-refractivity contribution is 5.78. The van der Waals surface area contributed by atoms with Gasteiger partial charge in [0.2, 0.25) is 0 Å². The van der Waals surface area contributed by atoms with E-state index < -0.39 is 12.0 Å². The Kier molecular flexibility index (Phi) is 3.00. The van der Waals surface area contributed by atoms with Gasteiger partial charge in [-0.1, -0.05) is 0 Å². The molecule has 0 aromatic carbocycles. The van der Waals surface area contributed by atoms with Crippen LogP contribution in [0.15, 0.2) is 12.1 Å². The van der Waals surface area contributed by atoms with Crippen LogP contribution in [0.1, 0.15) is 5.69 Å². The molecule has 16 heavy (non-hydrogen) atoms. The molecule has 0 spiro atoms. The van der Waals surface area contributed by atoms with Crippen LogP contribution in [0.2, 0.25) is 0 Å². The van der Waals surface area contributed by atoms with Crippen molar-refractivity contribution in [2.45, 2.75) is 13.0 Å². The minimum atomic E-state index is -0.838. The molecule has 0 bridgehead atoms. The summed E-state index contributed by atoms with van der Waals surface area (Å²) in [4.78, 5) is 12.8. The average Bonchev–Trinajstić information content (AvgIpc) is 2.30. The summed E-state index contributed by atoms with van der Waals surface area (Å²) in [5.74, 6) is -0.214. The number of aliphatic carboxylic acids is 1. The first kappa shape index (κ1) is 10.8. The molecule has 1 aromatic rings. The van der Waals surface area contributed by atoms with E-state index >= 15 is 0 Å². The van der Waals surface area contributed by atoms with E-state index in [-0.39, 0.29) is 0 Å². The van der Waals surface area contributed by atoms with Crippen LogP contribution >= 0.6 is 0 Å². The second kappa shape index (κ2) is 4.44. The van der Waals surface area contributed by atoms with E-state index in [1.165, 1.54) is 0 Å². The molecule has 86 valence electrons. The fourth-order valence-corrected chi connectivity index (χ4v) is 1.74. The highest BCUT2D eigenvalue weighted by atomic mass is 16.4. The number of nitrogens with zero attached hydrogens (tertiary/aromatic N) is 3. The molecule has 0 radical (unpaired) electrons. The molecular weight excluding hydrogens is 208 g/mol. The lowest BCUT2D eigenvalue weighted by molar-refractivity contribution is -0.138. The van der Waals surface area contributed by atoms with Gasteiger partial charge < -0.3 is 15.3 Å². The van der Waals surface area contributed by atoms with E-state index in [4.69, 9.17) is 5.11 Å². The van der Waals surface area contributed by atoms with Crippen molar-refractivity contribution in [1.82, 2.24) is 15.5 Å². The SMILES string of the molecule is Cc1ccc(N2CCNC[C@H]2C(=O)O)nn1. The molecule has 1 saturated heterocycles. The lowest BCUT2D eigenvalue weighted by atomic mass is 10.2. The Balaban J connectivity index is 2.23. The minimum absolute atomic E-state index is 0.435. The van der Waals surface area contributed by atoms with E-state index in [2.05, 4.69) is 15.5 Å². The summed E-state index contributed by atoms with van der Waals surface area (Å²) in [6.07, 6.45) is 0. The highest BCUT2D eigenvalue weighted by Gasteiger charge is 2.29. The number of aromatic nitrogens is 2. The van der Waals surface area contributed by atoms with E-state index in [9.17, 15) is 4.79 Å². The van der Waals surface area contributed by atoms with Crippen LogP contribution in [0.25, 0.3) is 0 Å². The first-order chi connectivity index (χ1) is 7.68. The second-order valence-corrected chi connectivity index (χ2v) is 3.78. The third kappa shape index (κ3) is 2.11. The Bertz CT molecular complexity index is 379. The standard InChI is InChI=1S/C10H14N4O2/c1-7-2-3-9(13-12-7)14-5-4-11-6-8(14)10(15)16/h2-3,8,11H,4-6H2,1H3,(H,15,16)/t8-/m0/s1. The number of hydrogen-bond acceptors (Lipinski definition) is 5. The Hall–Kier alpha value is -1.69. The van der Waals surface area contributed by atoms with Gasteiger partial charge in [0.15, 0.2) is 5.82 Å². The molecule has 0 amide bonds. The quantitative estimate of drug-likeness (QED) is 0.712. The van der Waals surface area contributed by atoms with Crippen LogP contribution in [-0.2, 0) is 4.79 Å². The van der Waals surface area contributed by atoms with E-state index in [1.807, 2.05) is 19.1 Å². The Labute approximate surface area is 93.3 Å². The van der Waals surface area contributed by atoms with Crippen LogP contribution in [-0.4, -0.2) is 46.9 Å². The van der Waals surface area contributed by atoms with Gasteiger partial charge in [0, 0.05) is 19.6 Å². The zero-order chi connectivity index (χ0) is 11.5. The first-order valence-corrected chi connectivity index (χ1v) is 5.19. The second-order valence-electron chi connectivity index (χ2n) is 3.78. The Morgan fingerprint density at radius 3 is 3.00 bits per heavy atom. The molecule has 0 saturated carbocycles. The first-order valence-electron chi connectivity index (χ1n) is 5.19. The number of aryl methyl sites for hydroxylation is 1. The molecule has 6 nitrogen and oxygen atoms in total. The number of rotatable bonds is 2. The fraction of sp³-hybridized carbons (Fsp3) is 0.500. The predicted molar refractivity (Wildman–Crippen MR) is 58.4 cm³/mol. The summed E-state index contributed by atoms with van der Waals surface area (Å²) in [7, 11) is 0. The molecule has 2 N–H and O–H groups in total. The summed E-state index contributed by atoms with van der Waals surface area (Å²) >= 11 is 0. The molecule has 0 aliphatic carbocycles. The smallest absolute Gasteiger partial charge is 0.327 e. The monoisotopic (exact) mass is 222 g/mol. The van der Waals surface area contributed by atoms with Crippen molar-refractivity contribution in [2.75, 3.05) is 24.5 Å². The number of nitrogens with one attached hydrogen (secondary N) is 1. The van der Waals surface area contributed by atoms with Gasteiger partial charge in [-0.3, -0.25) is 0 Å². The Morgan fingerprint density at radius 1 is 1.56 bits per heavy atom. The van der Waals surface area contributed by atoms with Crippen LogP contribution in [0.5, 0.6) is 0 Å². The topological polar surface area (TPSA) is 78.4 Å². The van der Waals surface area contributed by atoms with Gasteiger partial charge in [0.1, 0.15) is 6.04 Å². The van der Waals surface area contributed by atoms with Crippen molar-refractivity contribution in [2.24, 2.45) is 0 Å². The van der Waals surface area contributed by atoms with Crippen LogP contribution < -0.4 is 10.2 Å². The number of carbonyl (C=O) groups is 1. The third-order valence-corrected chi connectivity index (χ3v) is 2.61. The van der Waals surface area contributed by atoms with Gasteiger partial charge in [0.05, 0.1) is 5.69 Å². The van der Waals surface area contributed by atoms with E-state index in [0.717, 1.165) is 12.2 Å². The molecule has 6 heteroatoms. The van der Waals surface area contributed by atoms with Crippen LogP contribution in [0.4, 0.5) is 5.82 Å². The molecule has 0 unspecified atom stereocenters. The number of anilines is 1. The maximum atomic E-state index is 11.1. The van der Waals surface area contributed by atoms with Gasteiger partial charge in [-0.25, -0.2) is 4.79 Å². The van der Waals surface area contributed by atoms with Crippen molar-refractivity contribution >= 4 is 11.8 Å². The molecule has 1 aromatic heterocycles. The Morgan fingerprint density at radius 2 is 2.38 bits per heavy atom. The van der Waals surface area contributed by atoms with Crippen LogP contribution in [0.3, 0.4) is 0 Å². The number of carboxylic acids is 1. The largest absolute Gasteiger partial charge is 0.480 e. The zero-order valence-corrected chi connectivity index (χ0v) is 9.05. The van der Waals surface area contributed by atoms with Crippen molar-refractivity contribution in [3.05, 3.63) is 17.8 Å². The van der Waals surface area contributed by atoms with Crippen molar-refractivity contribution in [1.29, 1.82) is 0 Å². The lowest BCUT2D eigenvalue weighted by Gasteiger charge is -2.33. The maximum absolute atomic E-state index is 11.1. The van der Waals surface area contributed by atoms with Crippen molar-refractivity contribution < 1.29 is 9.90 Å². The van der Waals surface area contributed by atoms with Gasteiger partial charge in [-0.2, -0.15) is 5.10 Å². The summed E-state index contributed by atoms with van der Waals surface area (Å²) < 4.78 is 0. The van der Waals surface area contributed by atoms with Gasteiger partial charge >= 0.3 is 5.97 Å². The molecule has 2 rings (SSSR count). The van der Waals surface area contributed by atoms with Gasteiger partial charge in [-0.05, 0) is 19.1 Å². The molecule has 1 aliphatic heterocycles. The van der Waals surface area contributed by atoms with Crippen LogP contribution in [0, 0.1) is 6.92 Å². The van der Waals surface area contributed by atoms with Gasteiger partial charge in [-0.15, -0.1) is 5.10 Å². The van der Waals surface area contributed by atoms with Crippen molar-refractivity contribution in [3.8, 4) is 0 Å². The minimum Gasteiger partial charge on any atom is -0.480 e. The number of piperazine rings is 1. The predicted octanol–water partition coefficient (Wildman–Crippen LogP) is -0.352. The third-order valence-electron chi connectivity index (χ3n) is 2.61. The highest BCUT2D eigenvalue weighted by Crippen LogP contribution is 2.14. The molecular formula is C10H14N4O2. The zero-order valence-electron chi connectivity index (χ0n) is 9.05. The molecule has 1 atom stereocenters. The molecule has 2 heterocycles. The summed E-state index contributed by atoms with van der Waals surface area (Å²) in [6, 6.07) is 3.08. The lowest BCUT2D eigenvalue weighted by Crippen LogP contribution is -2.55. The summed E-state index contributed by atoms with van der Waals surface area (Å²) in [6.45, 7) is 3.68. The summed E-state index contributed by atoms with van der Waals surface area (Å²) in [5.41, 5.74) is 0.825. The fourth-order valence-electron chi connectivity index (χ4n) is 1.74. The van der Waals surface area contributed by atoms with E-state index in [1.54, 1.807) is 4.90 Å². The van der Waals surface area contributed by atoms with Gasteiger partial charge in [0.25, 0.3) is 0 Å².